The molecule has 28 heavy (non-hydrogen) atoms. The van der Waals surface area contributed by atoms with Crippen LogP contribution in [0.3, 0.4) is 0 Å². The number of aromatic carboxylic acids is 1. The van der Waals surface area contributed by atoms with Gasteiger partial charge in [0.15, 0.2) is 0 Å². The number of carboxylic acid groups (broad SMARTS) is 1. The van der Waals surface area contributed by atoms with Crippen LogP contribution in [0.15, 0.2) is 41.7 Å². The van der Waals surface area contributed by atoms with Gasteiger partial charge in [-0.1, -0.05) is 36.7 Å². The molecule has 0 aliphatic heterocycles. The van der Waals surface area contributed by atoms with E-state index in [1.807, 2.05) is 18.2 Å². The molecule has 0 spiro atoms. The number of hydrogen-bond acceptors (Lipinski definition) is 4. The van der Waals surface area contributed by atoms with E-state index in [4.69, 9.17) is 16.1 Å². The van der Waals surface area contributed by atoms with E-state index in [-0.39, 0.29) is 11.5 Å². The summed E-state index contributed by atoms with van der Waals surface area (Å²) < 4.78 is 19.2. The highest BCUT2D eigenvalue weighted by Crippen LogP contribution is 2.58. The van der Waals surface area contributed by atoms with Gasteiger partial charge < -0.3 is 14.7 Å². The highest BCUT2D eigenvalue weighted by atomic mass is 35.5. The minimum Gasteiger partial charge on any atom is -0.477 e. The summed E-state index contributed by atoms with van der Waals surface area (Å²) in [6.45, 7) is 4.21. The van der Waals surface area contributed by atoms with Crippen LogP contribution in [0.4, 0.5) is 5.69 Å². The lowest BCUT2D eigenvalue weighted by Gasteiger charge is -2.26. The molecule has 0 amide bonds. The van der Waals surface area contributed by atoms with Crippen LogP contribution in [0, 0.1) is 5.92 Å². The Labute approximate surface area is 173 Å². The van der Waals surface area contributed by atoms with Gasteiger partial charge in [-0.2, -0.15) is 0 Å². The lowest BCUT2D eigenvalue weighted by atomic mass is 9.96. The molecule has 2 atom stereocenters. The molecular formula is C20H23ClNO4PS. The Morgan fingerprint density at radius 1 is 1.39 bits per heavy atom. The van der Waals surface area contributed by atoms with Crippen LogP contribution in [-0.4, -0.2) is 17.7 Å². The molecule has 8 heteroatoms. The normalized spacial score (nSPS) is 19.0. The van der Waals surface area contributed by atoms with Crippen LogP contribution in [0.25, 0.3) is 10.4 Å². The average molecular weight is 440 g/mol. The lowest BCUT2D eigenvalue weighted by molar-refractivity contribution is 0.0703. The Hall–Kier alpha value is -1.59. The van der Waals surface area contributed by atoms with Crippen molar-refractivity contribution in [1.82, 2.24) is 0 Å². The number of carbonyl (C=O) groups is 1. The number of rotatable bonds is 7. The molecule has 1 aromatic heterocycles. The first-order valence-corrected chi connectivity index (χ1v) is 12.0. The van der Waals surface area contributed by atoms with Crippen molar-refractivity contribution in [3.8, 4) is 10.4 Å². The van der Waals surface area contributed by atoms with Crippen molar-refractivity contribution in [1.29, 1.82) is 0 Å². The van der Waals surface area contributed by atoms with Crippen molar-refractivity contribution in [2.24, 2.45) is 5.92 Å². The fourth-order valence-corrected chi connectivity index (χ4v) is 6.30. The van der Waals surface area contributed by atoms with Crippen LogP contribution < -0.4 is 5.09 Å². The van der Waals surface area contributed by atoms with E-state index in [9.17, 15) is 14.5 Å². The van der Waals surface area contributed by atoms with E-state index in [0.717, 1.165) is 39.9 Å². The molecule has 0 fully saturated rings. The molecule has 1 aromatic carbocycles. The first-order valence-electron chi connectivity index (χ1n) is 9.18. The maximum Gasteiger partial charge on any atom is 0.348 e. The van der Waals surface area contributed by atoms with Crippen molar-refractivity contribution in [3.05, 3.63) is 51.6 Å². The van der Waals surface area contributed by atoms with Gasteiger partial charge in [0.1, 0.15) is 4.88 Å². The molecule has 0 radical (unpaired) electrons. The zero-order chi connectivity index (χ0) is 20.3. The fraction of sp³-hybridized carbons (Fsp3) is 0.350. The zero-order valence-electron chi connectivity index (χ0n) is 15.8. The van der Waals surface area contributed by atoms with Gasteiger partial charge in [0.2, 0.25) is 0 Å². The Kier molecular flexibility index (Phi) is 6.66. The largest absolute Gasteiger partial charge is 0.477 e. The Morgan fingerprint density at radius 2 is 2.11 bits per heavy atom. The standard InChI is InChI=1S/C20H23ClNO4PS/c1-3-26-27(25,16-10-4-13(2)5-11-16)22-17-12-18(28-19(17)20(23)24)14-6-8-15(21)9-7-14/h6-10,12-13H,3-5,11H2,1-2H3,(H,22,25)(H,23,24). The third kappa shape index (κ3) is 4.69. The van der Waals surface area contributed by atoms with Gasteiger partial charge >= 0.3 is 13.5 Å². The smallest absolute Gasteiger partial charge is 0.348 e. The second-order valence-corrected chi connectivity index (χ2v) is 10.5. The van der Waals surface area contributed by atoms with Crippen LogP contribution in [0.2, 0.25) is 5.02 Å². The van der Waals surface area contributed by atoms with Crippen molar-refractivity contribution >= 4 is 42.1 Å². The number of thiophene rings is 1. The molecular weight excluding hydrogens is 417 g/mol. The van der Waals surface area contributed by atoms with E-state index in [1.165, 1.54) is 0 Å². The Morgan fingerprint density at radius 3 is 2.68 bits per heavy atom. The van der Waals surface area contributed by atoms with Crippen LogP contribution in [-0.2, 0) is 9.09 Å². The van der Waals surface area contributed by atoms with Crippen molar-refractivity contribution in [3.63, 3.8) is 0 Å². The lowest BCUT2D eigenvalue weighted by Crippen LogP contribution is -2.10. The highest BCUT2D eigenvalue weighted by Gasteiger charge is 2.32. The van der Waals surface area contributed by atoms with Gasteiger partial charge in [-0.25, -0.2) is 4.79 Å². The molecule has 0 saturated carbocycles. The van der Waals surface area contributed by atoms with Gasteiger partial charge in [0.25, 0.3) is 0 Å². The van der Waals surface area contributed by atoms with Crippen LogP contribution >= 0.6 is 30.5 Å². The number of benzene rings is 1. The summed E-state index contributed by atoms with van der Waals surface area (Å²) >= 11 is 7.07. The van der Waals surface area contributed by atoms with Crippen LogP contribution in [0.1, 0.15) is 42.8 Å². The van der Waals surface area contributed by atoms with Crippen molar-refractivity contribution < 1.29 is 19.0 Å². The zero-order valence-corrected chi connectivity index (χ0v) is 18.2. The molecule has 2 aromatic rings. The molecule has 1 heterocycles. The second kappa shape index (κ2) is 8.83. The molecule has 1 aliphatic rings. The quantitative estimate of drug-likeness (QED) is 0.449. The number of nitrogens with one attached hydrogen (secondary N) is 1. The fourth-order valence-electron chi connectivity index (χ4n) is 3.14. The number of anilines is 1. The summed E-state index contributed by atoms with van der Waals surface area (Å²) in [5, 5.41) is 14.0. The molecule has 3 rings (SSSR count). The molecule has 0 bridgehead atoms. The third-order valence-corrected chi connectivity index (χ3v) is 8.40. The Balaban J connectivity index is 1.97. The third-order valence-electron chi connectivity index (χ3n) is 4.66. The van der Waals surface area contributed by atoms with E-state index in [1.54, 1.807) is 25.1 Å². The van der Waals surface area contributed by atoms with Crippen molar-refractivity contribution in [2.75, 3.05) is 11.7 Å². The topological polar surface area (TPSA) is 75.6 Å². The SMILES string of the molecule is CCOP(=O)(Nc1cc(-c2ccc(Cl)cc2)sc1C(=O)O)C1=CCC(C)CC1. The summed E-state index contributed by atoms with van der Waals surface area (Å²) in [4.78, 5) is 12.6. The summed E-state index contributed by atoms with van der Waals surface area (Å²) in [5.41, 5.74) is 1.17. The van der Waals surface area contributed by atoms with Gasteiger partial charge in [-0.3, -0.25) is 4.57 Å². The average Bonchev–Trinajstić information content (AvgIpc) is 3.06. The van der Waals surface area contributed by atoms with Gasteiger partial charge in [-0.05, 0) is 55.9 Å². The number of hydrogen-bond donors (Lipinski definition) is 2. The van der Waals surface area contributed by atoms with Gasteiger partial charge in [-0.15, -0.1) is 11.3 Å². The van der Waals surface area contributed by atoms with Crippen molar-refractivity contribution in [2.45, 2.75) is 33.1 Å². The van der Waals surface area contributed by atoms with E-state index in [0.29, 0.717) is 23.0 Å². The molecule has 2 N–H and O–H groups in total. The molecule has 1 aliphatic carbocycles. The first kappa shape index (κ1) is 21.1. The number of carboxylic acids is 1. The molecule has 5 nitrogen and oxygen atoms in total. The monoisotopic (exact) mass is 439 g/mol. The van der Waals surface area contributed by atoms with E-state index < -0.39 is 13.5 Å². The predicted molar refractivity (Wildman–Crippen MR) is 116 cm³/mol. The van der Waals surface area contributed by atoms with E-state index >= 15 is 0 Å². The minimum atomic E-state index is -3.36. The van der Waals surface area contributed by atoms with Gasteiger partial charge in [0, 0.05) is 15.2 Å². The first-order chi connectivity index (χ1) is 13.3. The maximum atomic E-state index is 13.6. The molecule has 0 saturated heterocycles. The summed E-state index contributed by atoms with van der Waals surface area (Å²) in [6.07, 6.45) is 4.45. The minimum absolute atomic E-state index is 0.106. The summed E-state index contributed by atoms with van der Waals surface area (Å²) in [5.74, 6) is -0.520. The molecule has 2 unspecified atom stereocenters. The van der Waals surface area contributed by atoms with E-state index in [2.05, 4.69) is 12.0 Å². The summed E-state index contributed by atoms with van der Waals surface area (Å²) in [6, 6.07) is 8.88. The maximum absolute atomic E-state index is 13.6. The summed E-state index contributed by atoms with van der Waals surface area (Å²) in [7, 11) is -3.36. The number of allylic oxidation sites excluding steroid dienone is 2. The van der Waals surface area contributed by atoms with Crippen LogP contribution in [0.5, 0.6) is 0 Å². The highest BCUT2D eigenvalue weighted by molar-refractivity contribution is 7.65. The second-order valence-electron chi connectivity index (χ2n) is 6.82. The molecule has 150 valence electrons. The van der Waals surface area contributed by atoms with Gasteiger partial charge in [0.05, 0.1) is 12.3 Å². The Bertz CT molecular complexity index is 938. The number of halogens is 1. The predicted octanol–water partition coefficient (Wildman–Crippen LogP) is 7.11.